The Hall–Kier alpha value is -1.23. The van der Waals surface area contributed by atoms with Gasteiger partial charge in [0.2, 0.25) is 0 Å². The zero-order chi connectivity index (χ0) is 23.2. The van der Waals surface area contributed by atoms with Gasteiger partial charge in [-0.1, -0.05) is 46.6 Å². The van der Waals surface area contributed by atoms with Gasteiger partial charge >= 0.3 is 17.9 Å². The molecule has 0 aromatic heterocycles. The normalized spacial score (nSPS) is 10.5. The average Bonchev–Trinajstić information content (AvgIpc) is 2.63. The van der Waals surface area contributed by atoms with E-state index in [0.29, 0.717) is 19.3 Å². The molecule has 10 heteroatoms. The maximum Gasteiger partial charge on any atom is 0.327 e. The maximum atomic E-state index is 10.2. The molecule has 0 amide bonds. The lowest BCUT2D eigenvalue weighted by Gasteiger charge is -2.32. The fraction of sp³-hybridized carbons (Fsp3) is 0.722. The molecule has 1 atom stereocenters. The van der Waals surface area contributed by atoms with Crippen molar-refractivity contribution in [3.63, 3.8) is 0 Å². The van der Waals surface area contributed by atoms with Crippen LogP contribution in [0.15, 0.2) is 12.7 Å². The number of carboxylic acids is 3. The van der Waals surface area contributed by atoms with Crippen molar-refractivity contribution in [2.24, 2.45) is 0 Å². The Kier molecular flexibility index (Phi) is 29.2. The van der Waals surface area contributed by atoms with Gasteiger partial charge < -0.3 is 25.5 Å². The molecule has 0 spiro atoms. The molecular formula is C18H36O8S2. The van der Waals surface area contributed by atoms with Crippen LogP contribution in [-0.4, -0.2) is 66.7 Å². The first-order valence-electron chi connectivity index (χ1n) is 8.83. The van der Waals surface area contributed by atoms with E-state index in [0.717, 1.165) is 25.3 Å². The second-order valence-electron chi connectivity index (χ2n) is 5.55. The summed E-state index contributed by atoms with van der Waals surface area (Å²) in [5.41, 5.74) is -0.834. The molecule has 8 nitrogen and oxygen atoms in total. The smallest absolute Gasteiger partial charge is 0.327 e. The predicted octanol–water partition coefficient (Wildman–Crippen LogP) is 2.74. The molecule has 28 heavy (non-hydrogen) atoms. The first-order chi connectivity index (χ1) is 12.9. The Balaban J connectivity index is -0.000000159. The lowest BCUT2D eigenvalue weighted by Crippen LogP contribution is -2.42. The molecule has 0 heterocycles. The Bertz CT molecular complexity index is 396. The van der Waals surface area contributed by atoms with E-state index in [4.69, 9.17) is 15.3 Å². The molecule has 5 N–H and O–H groups in total. The van der Waals surface area contributed by atoms with Crippen LogP contribution in [-0.2, 0) is 14.4 Å². The number of rotatable bonds is 10. The van der Waals surface area contributed by atoms with E-state index in [9.17, 15) is 24.6 Å². The highest BCUT2D eigenvalue weighted by molar-refractivity contribution is 7.81. The molecule has 168 valence electrons. The maximum absolute atomic E-state index is 10.2. The minimum absolute atomic E-state index is 0.0833. The van der Waals surface area contributed by atoms with Gasteiger partial charge in [-0.2, -0.15) is 25.3 Å². The fourth-order valence-electron chi connectivity index (χ4n) is 1.87. The van der Waals surface area contributed by atoms with Crippen LogP contribution in [0.1, 0.15) is 59.3 Å². The van der Waals surface area contributed by atoms with E-state index in [2.05, 4.69) is 31.8 Å². The fourth-order valence-corrected chi connectivity index (χ4v) is 1.87. The summed E-state index contributed by atoms with van der Waals surface area (Å²) in [6, 6.07) is 0. The van der Waals surface area contributed by atoms with Gasteiger partial charge in [-0.15, -0.1) is 0 Å². The highest BCUT2D eigenvalue weighted by atomic mass is 32.1. The Labute approximate surface area is 178 Å². The van der Waals surface area contributed by atoms with Crippen molar-refractivity contribution in [2.45, 2.75) is 71.0 Å². The van der Waals surface area contributed by atoms with Crippen LogP contribution in [0.25, 0.3) is 0 Å². The summed E-state index contributed by atoms with van der Waals surface area (Å²) in [7, 11) is 0. The van der Waals surface area contributed by atoms with Crippen molar-refractivity contribution in [3.05, 3.63) is 12.7 Å². The molecule has 1 unspecified atom stereocenters. The third-order valence-corrected chi connectivity index (χ3v) is 3.53. The van der Waals surface area contributed by atoms with Crippen LogP contribution in [0.5, 0.6) is 0 Å². The third kappa shape index (κ3) is 29.5. The number of hydrogen-bond acceptors (Lipinski definition) is 7. The number of aliphatic hydroxyl groups excluding tert-OH is 1. The molecule has 0 aromatic rings. The summed E-state index contributed by atoms with van der Waals surface area (Å²) in [4.78, 5) is 27.8. The lowest BCUT2D eigenvalue weighted by molar-refractivity contribution is -0.134. The topological polar surface area (TPSA) is 152 Å². The van der Waals surface area contributed by atoms with Gasteiger partial charge in [-0.3, -0.25) is 9.59 Å². The average molecular weight is 445 g/mol. The number of carbonyl (C=O) groups is 3. The molecule has 0 aliphatic carbocycles. The largest absolute Gasteiger partial charge is 0.481 e. The van der Waals surface area contributed by atoms with Crippen LogP contribution in [0.2, 0.25) is 0 Å². The Morgan fingerprint density at radius 1 is 0.929 bits per heavy atom. The molecule has 0 aliphatic rings. The van der Waals surface area contributed by atoms with Crippen LogP contribution < -0.4 is 0 Å². The second-order valence-corrected chi connectivity index (χ2v) is 6.19. The zero-order valence-corrected chi connectivity index (χ0v) is 18.7. The molecule has 0 aromatic carbocycles. The number of aliphatic hydroxyl groups is 2. The highest BCUT2D eigenvalue weighted by Crippen LogP contribution is 2.26. The predicted molar refractivity (Wildman–Crippen MR) is 116 cm³/mol. The minimum atomic E-state index is -0.981. The van der Waals surface area contributed by atoms with E-state index in [1.54, 1.807) is 0 Å². The first kappa shape index (κ1) is 34.3. The molecule has 0 rings (SSSR count). The number of aliphatic carboxylic acids is 3. The molecule has 0 saturated heterocycles. The van der Waals surface area contributed by atoms with E-state index >= 15 is 0 Å². The second kappa shape index (κ2) is 23.8. The van der Waals surface area contributed by atoms with Crippen LogP contribution in [0.3, 0.4) is 0 Å². The van der Waals surface area contributed by atoms with Gasteiger partial charge in [0.15, 0.2) is 0 Å². The molecule has 0 aliphatic heterocycles. The van der Waals surface area contributed by atoms with Gasteiger partial charge in [-0.25, -0.2) is 4.79 Å². The molecule has 0 saturated carbocycles. The van der Waals surface area contributed by atoms with Gasteiger partial charge in [0, 0.05) is 6.08 Å². The molecule has 0 fully saturated rings. The highest BCUT2D eigenvalue weighted by Gasteiger charge is 2.32. The van der Waals surface area contributed by atoms with Gasteiger partial charge in [0.05, 0.1) is 23.2 Å². The minimum Gasteiger partial charge on any atom is -0.481 e. The number of hydrogen-bond donors (Lipinski definition) is 7. The van der Waals surface area contributed by atoms with Crippen molar-refractivity contribution in [1.29, 1.82) is 0 Å². The molecule has 0 bridgehead atoms. The van der Waals surface area contributed by atoms with E-state index in [1.165, 1.54) is 0 Å². The van der Waals surface area contributed by atoms with Crippen LogP contribution >= 0.6 is 25.3 Å². The Morgan fingerprint density at radius 3 is 1.36 bits per heavy atom. The van der Waals surface area contributed by atoms with E-state index in [1.807, 2.05) is 20.8 Å². The van der Waals surface area contributed by atoms with Crippen molar-refractivity contribution >= 4 is 43.2 Å². The SMILES string of the molecule is C=CC(=O)O.CCCC(O)C(O)(CCC)CCC.O=C(O)CS.O=C(O)CS. The summed E-state index contributed by atoms with van der Waals surface area (Å²) < 4.78 is 0. The first-order valence-corrected chi connectivity index (χ1v) is 10.1. The summed E-state index contributed by atoms with van der Waals surface area (Å²) in [6.45, 7) is 9.07. The lowest BCUT2D eigenvalue weighted by atomic mass is 9.85. The third-order valence-electron chi connectivity index (χ3n) is 2.99. The van der Waals surface area contributed by atoms with Crippen molar-refractivity contribution in [2.75, 3.05) is 11.5 Å². The van der Waals surface area contributed by atoms with Gasteiger partial charge in [0.25, 0.3) is 0 Å². The monoisotopic (exact) mass is 444 g/mol. The summed E-state index contributed by atoms with van der Waals surface area (Å²) >= 11 is 6.83. The number of thiol groups is 2. The van der Waals surface area contributed by atoms with Gasteiger partial charge in [-0.05, 0) is 19.3 Å². The summed E-state index contributed by atoms with van der Waals surface area (Å²) in [5.74, 6) is -2.91. The van der Waals surface area contributed by atoms with Crippen molar-refractivity contribution in [1.82, 2.24) is 0 Å². The van der Waals surface area contributed by atoms with E-state index < -0.39 is 29.6 Å². The van der Waals surface area contributed by atoms with Crippen LogP contribution in [0, 0.1) is 0 Å². The van der Waals surface area contributed by atoms with Crippen molar-refractivity contribution < 1.29 is 39.9 Å². The molecule has 0 radical (unpaired) electrons. The summed E-state index contributed by atoms with van der Waals surface area (Å²) in [6.07, 6.45) is 5.20. The Morgan fingerprint density at radius 2 is 1.21 bits per heavy atom. The van der Waals surface area contributed by atoms with E-state index in [-0.39, 0.29) is 11.5 Å². The summed E-state index contributed by atoms with van der Waals surface area (Å²) in [5, 5.41) is 42.8. The van der Waals surface area contributed by atoms with Crippen LogP contribution in [0.4, 0.5) is 0 Å². The molecular weight excluding hydrogens is 408 g/mol. The van der Waals surface area contributed by atoms with Gasteiger partial charge in [0.1, 0.15) is 0 Å². The van der Waals surface area contributed by atoms with Crippen molar-refractivity contribution in [3.8, 4) is 0 Å². The zero-order valence-electron chi connectivity index (χ0n) is 16.9. The number of carboxylic acid groups (broad SMARTS) is 3. The standard InChI is InChI=1S/C11H24O2.C3H4O2.2C2H4O2S/c1-4-7-10(12)11(13,8-5-2)9-6-3;1-2-3(4)5;2*3-2(4)1-5/h10,12-13H,4-9H2,1-3H3;2H,1H2,(H,4,5);2*5H,1H2,(H,3,4). The quantitative estimate of drug-likeness (QED) is 0.201.